The van der Waals surface area contributed by atoms with Gasteiger partial charge in [-0.3, -0.25) is 9.48 Å². The van der Waals surface area contributed by atoms with Crippen molar-refractivity contribution in [3.05, 3.63) is 22.5 Å². The van der Waals surface area contributed by atoms with Gasteiger partial charge in [-0.15, -0.1) is 0 Å². The molecule has 1 unspecified atom stereocenters. The van der Waals surface area contributed by atoms with Gasteiger partial charge in [-0.25, -0.2) is 0 Å². The van der Waals surface area contributed by atoms with E-state index in [0.29, 0.717) is 17.5 Å². The minimum atomic E-state index is -0.406. The van der Waals surface area contributed by atoms with Crippen molar-refractivity contribution >= 4 is 23.6 Å². The van der Waals surface area contributed by atoms with E-state index < -0.39 is 5.54 Å². The van der Waals surface area contributed by atoms with Crippen LogP contribution < -0.4 is 5.32 Å². The highest BCUT2D eigenvalue weighted by molar-refractivity contribution is 6.31. The Kier molecular flexibility index (Phi) is 7.29. The van der Waals surface area contributed by atoms with Crippen LogP contribution in [0.3, 0.4) is 0 Å². The number of carbonyl (C=O) groups is 1. The zero-order valence-corrected chi connectivity index (χ0v) is 15.4. The molecule has 130 valence electrons. The molecule has 0 saturated heterocycles. The van der Waals surface area contributed by atoms with E-state index >= 15 is 0 Å². The Morgan fingerprint density at radius 3 is 2.70 bits per heavy atom. The number of amides is 1. The maximum Gasteiger partial charge on any atom is 0.244 e. The third-order valence-corrected chi connectivity index (χ3v) is 4.32. The van der Waals surface area contributed by atoms with Gasteiger partial charge in [-0.2, -0.15) is 5.10 Å². The lowest BCUT2D eigenvalue weighted by Gasteiger charge is -2.28. The van der Waals surface area contributed by atoms with E-state index in [1.807, 2.05) is 20.8 Å². The molecule has 0 aliphatic heterocycles. The summed E-state index contributed by atoms with van der Waals surface area (Å²) in [6, 6.07) is 0. The van der Waals surface area contributed by atoms with Crippen LogP contribution in [0, 0.1) is 12.8 Å². The molecule has 0 aliphatic rings. The van der Waals surface area contributed by atoms with Gasteiger partial charge in [0, 0.05) is 30.3 Å². The van der Waals surface area contributed by atoms with Crippen LogP contribution in [-0.2, 0) is 11.3 Å². The van der Waals surface area contributed by atoms with Crippen LogP contribution in [0.1, 0.15) is 51.8 Å². The van der Waals surface area contributed by atoms with E-state index in [9.17, 15) is 4.79 Å². The number of hydrogen-bond donors (Lipinski definition) is 2. The first-order chi connectivity index (χ1) is 10.7. The Hall–Kier alpha value is -1.33. The minimum Gasteiger partial charge on any atom is -0.396 e. The molecule has 6 heteroatoms. The Balaban J connectivity index is 2.85. The van der Waals surface area contributed by atoms with Crippen LogP contribution >= 0.6 is 11.6 Å². The molecule has 0 radical (unpaired) electrons. The average Bonchev–Trinajstić information content (AvgIpc) is 2.71. The van der Waals surface area contributed by atoms with Gasteiger partial charge in [0.15, 0.2) is 0 Å². The highest BCUT2D eigenvalue weighted by Gasteiger charge is 2.22. The third-order valence-electron chi connectivity index (χ3n) is 3.92. The number of aliphatic hydroxyl groups is 1. The second-order valence-corrected chi connectivity index (χ2v) is 6.93. The molecule has 5 nitrogen and oxygen atoms in total. The number of nitrogens with zero attached hydrogens (tertiary/aromatic N) is 2. The molecule has 0 aliphatic carbocycles. The van der Waals surface area contributed by atoms with Crippen LogP contribution in [0.4, 0.5) is 0 Å². The lowest BCUT2D eigenvalue weighted by molar-refractivity contribution is -0.118. The van der Waals surface area contributed by atoms with Crippen molar-refractivity contribution in [2.75, 3.05) is 6.61 Å². The summed E-state index contributed by atoms with van der Waals surface area (Å²) in [5.41, 5.74) is 1.16. The first-order valence-corrected chi connectivity index (χ1v) is 8.44. The van der Waals surface area contributed by atoms with Crippen molar-refractivity contribution in [2.45, 2.75) is 59.5 Å². The van der Waals surface area contributed by atoms with E-state index in [1.165, 1.54) is 6.08 Å². The largest absolute Gasteiger partial charge is 0.396 e. The number of halogens is 1. The first-order valence-electron chi connectivity index (χ1n) is 8.06. The lowest BCUT2D eigenvalue weighted by atomic mass is 9.95. The van der Waals surface area contributed by atoms with Crippen molar-refractivity contribution in [3.8, 4) is 0 Å². The van der Waals surface area contributed by atoms with Gasteiger partial charge in [0.2, 0.25) is 5.91 Å². The average molecular weight is 342 g/mol. The normalized spacial score (nSPS) is 14.4. The third kappa shape index (κ3) is 5.66. The maximum absolute atomic E-state index is 12.1. The molecular weight excluding hydrogens is 314 g/mol. The molecule has 1 heterocycles. The number of rotatable bonds is 8. The fourth-order valence-electron chi connectivity index (χ4n) is 2.30. The zero-order valence-electron chi connectivity index (χ0n) is 14.7. The molecule has 1 aromatic rings. The van der Waals surface area contributed by atoms with Crippen molar-refractivity contribution in [2.24, 2.45) is 5.92 Å². The molecule has 1 atom stereocenters. The van der Waals surface area contributed by atoms with Gasteiger partial charge >= 0.3 is 0 Å². The van der Waals surface area contributed by atoms with Crippen LogP contribution in [0.5, 0.6) is 0 Å². The summed E-state index contributed by atoms with van der Waals surface area (Å²) < 4.78 is 1.76. The molecule has 1 amide bonds. The second-order valence-electron chi connectivity index (χ2n) is 6.58. The predicted molar refractivity (Wildman–Crippen MR) is 94.4 cm³/mol. The zero-order chi connectivity index (χ0) is 17.6. The summed E-state index contributed by atoms with van der Waals surface area (Å²) in [6.45, 7) is 10.8. The second kappa shape index (κ2) is 8.50. The molecule has 0 saturated carbocycles. The number of aryl methyl sites for hydroxylation is 1. The summed E-state index contributed by atoms with van der Waals surface area (Å²) in [5, 5.41) is 17.0. The van der Waals surface area contributed by atoms with Gasteiger partial charge in [0.05, 0.1) is 5.69 Å². The van der Waals surface area contributed by atoms with E-state index in [1.54, 1.807) is 10.8 Å². The van der Waals surface area contributed by atoms with Gasteiger partial charge in [-0.1, -0.05) is 32.4 Å². The summed E-state index contributed by atoms with van der Waals surface area (Å²) in [5.74, 6) is 0.241. The van der Waals surface area contributed by atoms with Crippen LogP contribution in [0.2, 0.25) is 5.15 Å². The molecular formula is C17H28ClN3O2. The first kappa shape index (κ1) is 19.7. The topological polar surface area (TPSA) is 67.2 Å². The highest BCUT2D eigenvalue weighted by atomic mass is 35.5. The fourth-order valence-corrected chi connectivity index (χ4v) is 2.60. The molecule has 1 rings (SSSR count). The van der Waals surface area contributed by atoms with Crippen molar-refractivity contribution < 1.29 is 9.90 Å². The summed E-state index contributed by atoms with van der Waals surface area (Å²) in [7, 11) is 0. The van der Waals surface area contributed by atoms with Crippen molar-refractivity contribution in [1.29, 1.82) is 0 Å². The number of nitrogens with one attached hydrogen (secondary N) is 1. The van der Waals surface area contributed by atoms with E-state index in [4.69, 9.17) is 16.7 Å². The Morgan fingerprint density at radius 2 is 2.17 bits per heavy atom. The fraction of sp³-hybridized carbons (Fsp3) is 0.647. The van der Waals surface area contributed by atoms with Gasteiger partial charge in [0.1, 0.15) is 5.15 Å². The van der Waals surface area contributed by atoms with Crippen LogP contribution in [-0.4, -0.2) is 32.9 Å². The smallest absolute Gasteiger partial charge is 0.244 e. The highest BCUT2D eigenvalue weighted by Crippen LogP contribution is 2.22. The molecule has 2 N–H and O–H groups in total. The summed E-state index contributed by atoms with van der Waals surface area (Å²) in [4.78, 5) is 12.1. The van der Waals surface area contributed by atoms with Gasteiger partial charge in [0.25, 0.3) is 0 Å². The quantitative estimate of drug-likeness (QED) is 0.713. The summed E-state index contributed by atoms with van der Waals surface area (Å²) in [6.07, 6.45) is 4.45. The van der Waals surface area contributed by atoms with E-state index in [-0.39, 0.29) is 12.5 Å². The molecule has 0 bridgehead atoms. The molecule has 0 fully saturated rings. The number of aromatic nitrogens is 2. The maximum atomic E-state index is 12.1. The number of carbonyl (C=O) groups excluding carboxylic acids is 1. The molecule has 0 aromatic carbocycles. The summed E-state index contributed by atoms with van der Waals surface area (Å²) >= 11 is 6.35. The Labute approximate surface area is 143 Å². The molecule has 0 spiro atoms. The monoisotopic (exact) mass is 341 g/mol. The predicted octanol–water partition coefficient (Wildman–Crippen LogP) is 3.18. The SMILES string of the molecule is CCC(C)(CCO)NC(=O)/C=C/c1c(C)nn(CC(C)C)c1Cl. The standard InChI is InChI=1S/C17H28ClN3O2/c1-6-17(5,9-10-22)19-15(23)8-7-14-13(4)20-21(16(14)18)11-12(2)3/h7-8,12,22H,6,9-11H2,1-5H3,(H,19,23)/b8-7+. The van der Waals surface area contributed by atoms with Crippen molar-refractivity contribution in [1.82, 2.24) is 15.1 Å². The Morgan fingerprint density at radius 1 is 1.52 bits per heavy atom. The van der Waals surface area contributed by atoms with Gasteiger partial charge < -0.3 is 10.4 Å². The number of aliphatic hydroxyl groups excluding tert-OH is 1. The lowest BCUT2D eigenvalue weighted by Crippen LogP contribution is -2.45. The number of hydrogen-bond acceptors (Lipinski definition) is 3. The molecule has 23 heavy (non-hydrogen) atoms. The van der Waals surface area contributed by atoms with Gasteiger partial charge in [-0.05, 0) is 38.7 Å². The van der Waals surface area contributed by atoms with E-state index in [0.717, 1.165) is 24.2 Å². The van der Waals surface area contributed by atoms with E-state index in [2.05, 4.69) is 24.3 Å². The Bertz CT molecular complexity index is 566. The van der Waals surface area contributed by atoms with Crippen molar-refractivity contribution in [3.63, 3.8) is 0 Å². The minimum absolute atomic E-state index is 0.0429. The molecule has 1 aromatic heterocycles. The van der Waals surface area contributed by atoms with Crippen LogP contribution in [0.25, 0.3) is 6.08 Å². The van der Waals surface area contributed by atoms with Crippen LogP contribution in [0.15, 0.2) is 6.08 Å².